The Morgan fingerprint density at radius 2 is 1.91 bits per heavy atom. The summed E-state index contributed by atoms with van der Waals surface area (Å²) in [4.78, 5) is 15.7. The zero-order chi connectivity index (χ0) is 24.5. The monoisotopic (exact) mass is 475 g/mol. The summed E-state index contributed by atoms with van der Waals surface area (Å²) in [6.07, 6.45) is 6.01. The van der Waals surface area contributed by atoms with E-state index in [0.29, 0.717) is 17.4 Å². The third-order valence-corrected chi connectivity index (χ3v) is 7.35. The Hall–Kier alpha value is -3.41. The van der Waals surface area contributed by atoms with Crippen molar-refractivity contribution in [1.82, 2.24) is 4.98 Å². The molecule has 1 aliphatic carbocycles. The van der Waals surface area contributed by atoms with Crippen LogP contribution in [0.15, 0.2) is 54.7 Å². The molecule has 0 radical (unpaired) electrons. The summed E-state index contributed by atoms with van der Waals surface area (Å²) >= 11 is 0. The van der Waals surface area contributed by atoms with E-state index in [1.54, 1.807) is 6.07 Å². The molecule has 2 aromatic carbocycles. The van der Waals surface area contributed by atoms with Crippen molar-refractivity contribution in [2.75, 3.05) is 7.11 Å². The maximum Gasteiger partial charge on any atom is 0.306 e. The van der Waals surface area contributed by atoms with Crippen LogP contribution in [0, 0.1) is 17.7 Å². The van der Waals surface area contributed by atoms with Gasteiger partial charge in [0.25, 0.3) is 0 Å². The van der Waals surface area contributed by atoms with Gasteiger partial charge in [0.2, 0.25) is 5.88 Å². The summed E-state index contributed by atoms with van der Waals surface area (Å²) in [5.41, 5.74) is 4.44. The molecule has 0 spiro atoms. The van der Waals surface area contributed by atoms with Crippen molar-refractivity contribution in [3.05, 3.63) is 77.2 Å². The SMILES string of the molecule is COc1cc(-c2ccc([C@H]3CCCc4ccc([C@H](C5CC5)[C@H](C)C(=O)O)cc4O3)cc2)c(F)cn1. The van der Waals surface area contributed by atoms with Crippen LogP contribution in [0.3, 0.4) is 0 Å². The number of rotatable bonds is 7. The van der Waals surface area contributed by atoms with Gasteiger partial charge in [0.1, 0.15) is 17.7 Å². The molecule has 35 heavy (non-hydrogen) atoms. The number of carboxylic acids is 1. The first-order chi connectivity index (χ1) is 16.9. The summed E-state index contributed by atoms with van der Waals surface area (Å²) < 4.78 is 26.0. The summed E-state index contributed by atoms with van der Waals surface area (Å²) in [6, 6.07) is 15.6. The van der Waals surface area contributed by atoms with Crippen LogP contribution in [0.25, 0.3) is 11.1 Å². The largest absolute Gasteiger partial charge is 0.485 e. The standard InChI is InChI=1S/C29H30FNO4/c1-17(29(32)33)28(21-11-12-21)22-13-10-19-4-3-5-25(35-26(19)14-22)20-8-6-18(7-9-20)23-15-27(34-2)31-16-24(23)30/h6-10,13-17,21,25,28H,3-5,11-12H2,1-2H3,(H,32,33)/t17-,25+,28-/m0/s1. The van der Waals surface area contributed by atoms with Crippen molar-refractivity contribution in [3.8, 4) is 22.8 Å². The highest BCUT2D eigenvalue weighted by Gasteiger charge is 2.39. The Morgan fingerprint density at radius 3 is 2.60 bits per heavy atom. The zero-order valence-electron chi connectivity index (χ0n) is 20.0. The fourth-order valence-electron chi connectivity index (χ4n) is 5.23. The molecule has 3 aromatic rings. The molecule has 0 saturated heterocycles. The fraction of sp³-hybridized carbons (Fsp3) is 0.379. The lowest BCUT2D eigenvalue weighted by atomic mass is 9.82. The van der Waals surface area contributed by atoms with Crippen LogP contribution in [0.1, 0.15) is 61.3 Å². The first-order valence-electron chi connectivity index (χ1n) is 12.3. The fourth-order valence-corrected chi connectivity index (χ4v) is 5.23. The molecule has 2 heterocycles. The van der Waals surface area contributed by atoms with Gasteiger partial charge in [0, 0.05) is 11.6 Å². The van der Waals surface area contributed by atoms with Crippen molar-refractivity contribution in [2.45, 2.75) is 51.0 Å². The van der Waals surface area contributed by atoms with Crippen molar-refractivity contribution in [1.29, 1.82) is 0 Å². The topological polar surface area (TPSA) is 68.7 Å². The number of hydrogen-bond acceptors (Lipinski definition) is 4. The number of methoxy groups -OCH3 is 1. The summed E-state index contributed by atoms with van der Waals surface area (Å²) in [5, 5.41) is 9.65. The molecule has 0 amide bonds. The molecule has 1 fully saturated rings. The minimum atomic E-state index is -0.751. The second-order valence-electron chi connectivity index (χ2n) is 9.68. The average Bonchev–Trinajstić information content (AvgIpc) is 3.71. The van der Waals surface area contributed by atoms with Gasteiger partial charge in [-0.3, -0.25) is 4.79 Å². The summed E-state index contributed by atoms with van der Waals surface area (Å²) in [5.74, 6) is 0.0800. The molecule has 0 unspecified atom stereocenters. The normalized spacial score (nSPS) is 19.1. The maximum atomic E-state index is 14.4. The first-order valence-corrected chi connectivity index (χ1v) is 12.3. The number of nitrogens with zero attached hydrogens (tertiary/aromatic N) is 1. The number of aryl methyl sites for hydroxylation is 1. The minimum Gasteiger partial charge on any atom is -0.485 e. The average molecular weight is 476 g/mol. The van der Waals surface area contributed by atoms with Crippen molar-refractivity contribution >= 4 is 5.97 Å². The van der Waals surface area contributed by atoms with Gasteiger partial charge in [0.05, 0.1) is 19.2 Å². The number of carboxylic acid groups (broad SMARTS) is 1. The number of benzene rings is 2. The molecule has 182 valence electrons. The van der Waals surface area contributed by atoms with Crippen LogP contribution in [0.2, 0.25) is 0 Å². The Labute approximate surface area is 204 Å². The summed E-state index contributed by atoms with van der Waals surface area (Å²) in [7, 11) is 1.51. The zero-order valence-corrected chi connectivity index (χ0v) is 20.0. The Kier molecular flexibility index (Phi) is 6.46. The lowest BCUT2D eigenvalue weighted by Crippen LogP contribution is -2.20. The lowest BCUT2D eigenvalue weighted by molar-refractivity contribution is -0.142. The Balaban J connectivity index is 1.40. The highest BCUT2D eigenvalue weighted by molar-refractivity contribution is 5.71. The van der Waals surface area contributed by atoms with Crippen LogP contribution in [0.4, 0.5) is 4.39 Å². The summed E-state index contributed by atoms with van der Waals surface area (Å²) in [6.45, 7) is 1.81. The second-order valence-corrected chi connectivity index (χ2v) is 9.68. The highest BCUT2D eigenvalue weighted by Crippen LogP contribution is 2.48. The van der Waals surface area contributed by atoms with E-state index in [1.165, 1.54) is 13.3 Å². The molecule has 1 N–H and O–H groups in total. The van der Waals surface area contributed by atoms with Crippen molar-refractivity contribution in [2.24, 2.45) is 11.8 Å². The van der Waals surface area contributed by atoms with Crippen LogP contribution in [0.5, 0.6) is 11.6 Å². The maximum absolute atomic E-state index is 14.4. The van der Waals surface area contributed by atoms with E-state index in [4.69, 9.17) is 9.47 Å². The van der Waals surface area contributed by atoms with Gasteiger partial charge >= 0.3 is 5.97 Å². The third kappa shape index (κ3) is 4.88. The van der Waals surface area contributed by atoms with Crippen LogP contribution in [-0.2, 0) is 11.2 Å². The molecule has 1 saturated carbocycles. The van der Waals surface area contributed by atoms with Gasteiger partial charge < -0.3 is 14.6 Å². The molecule has 3 atom stereocenters. The van der Waals surface area contributed by atoms with Crippen molar-refractivity contribution in [3.63, 3.8) is 0 Å². The van der Waals surface area contributed by atoms with Gasteiger partial charge in [-0.15, -0.1) is 0 Å². The number of aromatic nitrogens is 1. The van der Waals surface area contributed by atoms with Crippen LogP contribution < -0.4 is 9.47 Å². The predicted molar refractivity (Wildman–Crippen MR) is 131 cm³/mol. The number of pyridine rings is 1. The second kappa shape index (κ2) is 9.68. The molecule has 5 rings (SSSR count). The van der Waals surface area contributed by atoms with E-state index >= 15 is 0 Å². The van der Waals surface area contributed by atoms with Gasteiger partial charge in [-0.1, -0.05) is 43.3 Å². The Bertz CT molecular complexity index is 1220. The molecular formula is C29H30FNO4. The first kappa shape index (κ1) is 23.3. The molecule has 2 aliphatic rings. The molecule has 1 aromatic heterocycles. The highest BCUT2D eigenvalue weighted by atomic mass is 19.1. The number of carbonyl (C=O) groups is 1. The van der Waals surface area contributed by atoms with Crippen LogP contribution in [-0.4, -0.2) is 23.2 Å². The van der Waals surface area contributed by atoms with Gasteiger partial charge in [-0.25, -0.2) is 9.37 Å². The molecular weight excluding hydrogens is 445 g/mol. The number of halogens is 1. The molecule has 0 bridgehead atoms. The molecule has 6 heteroatoms. The lowest BCUT2D eigenvalue weighted by Gasteiger charge is -2.23. The molecule has 5 nitrogen and oxygen atoms in total. The minimum absolute atomic E-state index is 0.00892. The predicted octanol–water partition coefficient (Wildman–Crippen LogP) is 6.57. The number of ether oxygens (including phenoxy) is 2. The van der Waals surface area contributed by atoms with Gasteiger partial charge in [-0.2, -0.15) is 0 Å². The van der Waals surface area contributed by atoms with E-state index in [-0.39, 0.29) is 12.0 Å². The van der Waals surface area contributed by atoms with E-state index in [2.05, 4.69) is 23.2 Å². The Morgan fingerprint density at radius 1 is 1.14 bits per heavy atom. The number of aliphatic carboxylic acids is 1. The molecule has 1 aliphatic heterocycles. The van der Waals surface area contributed by atoms with Gasteiger partial charge in [0.15, 0.2) is 0 Å². The number of fused-ring (bicyclic) bond motifs is 1. The van der Waals surface area contributed by atoms with Crippen LogP contribution >= 0.6 is 0 Å². The quantitative estimate of drug-likeness (QED) is 0.419. The van der Waals surface area contributed by atoms with E-state index in [0.717, 1.165) is 60.1 Å². The van der Waals surface area contributed by atoms with E-state index < -0.39 is 17.7 Å². The van der Waals surface area contributed by atoms with Gasteiger partial charge in [-0.05, 0) is 72.3 Å². The van der Waals surface area contributed by atoms with Crippen molar-refractivity contribution < 1.29 is 23.8 Å². The van der Waals surface area contributed by atoms with E-state index in [1.807, 2.05) is 31.2 Å². The number of hydrogen-bond donors (Lipinski definition) is 1. The third-order valence-electron chi connectivity index (χ3n) is 7.35. The van der Waals surface area contributed by atoms with E-state index in [9.17, 15) is 14.3 Å². The smallest absolute Gasteiger partial charge is 0.306 e.